The highest BCUT2D eigenvalue weighted by atomic mass is 16.6. The molecule has 2 atom stereocenters. The van der Waals surface area contributed by atoms with Gasteiger partial charge in [-0.1, -0.05) is 12.8 Å². The topological polar surface area (TPSA) is 73.0 Å². The van der Waals surface area contributed by atoms with Gasteiger partial charge in [0.2, 0.25) is 0 Å². The Hall–Kier alpha value is -1.43. The number of rotatable bonds is 3. The molecule has 1 N–H and O–H groups in total. The largest absolute Gasteiger partial charge is 0.317 e. The van der Waals surface area contributed by atoms with E-state index in [0.29, 0.717) is 6.04 Å². The summed E-state index contributed by atoms with van der Waals surface area (Å²) in [5, 5.41) is 18.0. The molecule has 1 aromatic heterocycles. The Morgan fingerprint density at radius 1 is 1.53 bits per heavy atom. The van der Waals surface area contributed by atoms with Crippen LogP contribution in [0.15, 0.2) is 12.4 Å². The molecular weight excluding hydrogens is 220 g/mol. The molecule has 2 rings (SSSR count). The first-order valence-electron chi connectivity index (χ1n) is 6.06. The molecule has 0 spiro atoms. The third-order valence-electron chi connectivity index (χ3n) is 3.48. The normalized spacial score (nSPS) is 25.5. The minimum atomic E-state index is -0.393. The van der Waals surface area contributed by atoms with Crippen LogP contribution in [0.4, 0.5) is 5.69 Å². The van der Waals surface area contributed by atoms with Gasteiger partial charge in [-0.15, -0.1) is 0 Å². The summed E-state index contributed by atoms with van der Waals surface area (Å²) in [5.41, 5.74) is 0.0789. The Kier molecular flexibility index (Phi) is 3.73. The second-order valence-electron chi connectivity index (χ2n) is 4.60. The minimum Gasteiger partial charge on any atom is -0.317 e. The second kappa shape index (κ2) is 5.27. The zero-order valence-corrected chi connectivity index (χ0v) is 10.0. The van der Waals surface area contributed by atoms with Crippen molar-refractivity contribution in [3.8, 4) is 0 Å². The summed E-state index contributed by atoms with van der Waals surface area (Å²) in [6.07, 6.45) is 8.48. The molecule has 1 aliphatic rings. The third-order valence-corrected chi connectivity index (χ3v) is 3.48. The molecule has 6 heteroatoms. The average molecular weight is 238 g/mol. The van der Waals surface area contributed by atoms with E-state index < -0.39 is 4.92 Å². The van der Waals surface area contributed by atoms with Gasteiger partial charge in [-0.2, -0.15) is 5.10 Å². The van der Waals surface area contributed by atoms with E-state index in [4.69, 9.17) is 0 Å². The van der Waals surface area contributed by atoms with Gasteiger partial charge >= 0.3 is 5.69 Å². The molecule has 0 amide bonds. The molecule has 0 saturated heterocycles. The first-order valence-corrected chi connectivity index (χ1v) is 6.06. The Labute approximate surface area is 100 Å². The molecule has 17 heavy (non-hydrogen) atoms. The third kappa shape index (κ3) is 2.82. The fraction of sp³-hybridized carbons (Fsp3) is 0.727. The van der Waals surface area contributed by atoms with E-state index in [1.165, 1.54) is 19.0 Å². The van der Waals surface area contributed by atoms with Crippen LogP contribution in [0, 0.1) is 10.1 Å². The number of nitrogens with zero attached hydrogens (tertiary/aromatic N) is 3. The first kappa shape index (κ1) is 12.0. The Bertz CT molecular complexity index is 391. The van der Waals surface area contributed by atoms with E-state index >= 15 is 0 Å². The molecule has 0 radical (unpaired) electrons. The van der Waals surface area contributed by atoms with Crippen LogP contribution >= 0.6 is 0 Å². The predicted octanol–water partition coefficient (Wildman–Crippen LogP) is 1.88. The summed E-state index contributed by atoms with van der Waals surface area (Å²) in [5.74, 6) is 0. The summed E-state index contributed by atoms with van der Waals surface area (Å²) >= 11 is 0. The molecule has 1 aromatic rings. The molecule has 0 aromatic carbocycles. The molecule has 1 heterocycles. The highest BCUT2D eigenvalue weighted by Crippen LogP contribution is 2.27. The van der Waals surface area contributed by atoms with Gasteiger partial charge in [0, 0.05) is 6.04 Å². The van der Waals surface area contributed by atoms with Crippen LogP contribution in [0.5, 0.6) is 0 Å². The van der Waals surface area contributed by atoms with E-state index in [9.17, 15) is 10.1 Å². The van der Waals surface area contributed by atoms with Crippen molar-refractivity contribution in [1.29, 1.82) is 0 Å². The van der Waals surface area contributed by atoms with Gasteiger partial charge in [0.1, 0.15) is 12.4 Å². The van der Waals surface area contributed by atoms with Crippen molar-refractivity contribution in [2.24, 2.45) is 0 Å². The standard InChI is InChI=1S/C11H18N4O2/c1-12-9-4-2-3-5-10(6-9)14-8-11(7-13-14)15(16)17/h7-10,12H,2-6H2,1H3. The van der Waals surface area contributed by atoms with Crippen LogP contribution in [0.25, 0.3) is 0 Å². The van der Waals surface area contributed by atoms with E-state index in [1.807, 2.05) is 7.05 Å². The number of hydrogen-bond acceptors (Lipinski definition) is 4. The lowest BCUT2D eigenvalue weighted by atomic mass is 10.1. The Morgan fingerprint density at radius 2 is 2.29 bits per heavy atom. The molecule has 1 saturated carbocycles. The molecule has 94 valence electrons. The van der Waals surface area contributed by atoms with Crippen molar-refractivity contribution in [3.63, 3.8) is 0 Å². The predicted molar refractivity (Wildman–Crippen MR) is 63.9 cm³/mol. The van der Waals surface area contributed by atoms with E-state index in [0.717, 1.165) is 19.3 Å². The van der Waals surface area contributed by atoms with Crippen LogP contribution in [0.3, 0.4) is 0 Å². The molecule has 0 aliphatic heterocycles. The van der Waals surface area contributed by atoms with E-state index in [2.05, 4.69) is 10.4 Å². The van der Waals surface area contributed by atoms with Crippen molar-refractivity contribution < 1.29 is 4.92 Å². The van der Waals surface area contributed by atoms with Gasteiger partial charge in [-0.3, -0.25) is 14.8 Å². The number of nitro groups is 1. The fourth-order valence-corrected chi connectivity index (χ4v) is 2.46. The van der Waals surface area contributed by atoms with Gasteiger partial charge in [-0.05, 0) is 26.3 Å². The smallest absolute Gasteiger partial charge is 0.307 e. The summed E-state index contributed by atoms with van der Waals surface area (Å²) < 4.78 is 1.76. The molecule has 1 fully saturated rings. The van der Waals surface area contributed by atoms with Crippen LogP contribution in [0.1, 0.15) is 38.1 Å². The monoisotopic (exact) mass is 238 g/mol. The zero-order chi connectivity index (χ0) is 12.3. The lowest BCUT2D eigenvalue weighted by Gasteiger charge is -2.19. The van der Waals surface area contributed by atoms with Crippen LogP contribution in [-0.2, 0) is 0 Å². The molecule has 2 unspecified atom stereocenters. The Morgan fingerprint density at radius 3 is 2.94 bits per heavy atom. The fourth-order valence-electron chi connectivity index (χ4n) is 2.46. The second-order valence-corrected chi connectivity index (χ2v) is 4.60. The molecule has 0 bridgehead atoms. The number of hydrogen-bond donors (Lipinski definition) is 1. The first-order chi connectivity index (χ1) is 8.20. The maximum absolute atomic E-state index is 10.6. The number of nitrogens with one attached hydrogen (secondary N) is 1. The summed E-state index contributed by atoms with van der Waals surface area (Å²) in [6.45, 7) is 0. The van der Waals surface area contributed by atoms with Gasteiger partial charge in [0.25, 0.3) is 0 Å². The van der Waals surface area contributed by atoms with E-state index in [1.54, 1.807) is 10.9 Å². The summed E-state index contributed by atoms with van der Waals surface area (Å²) in [4.78, 5) is 10.2. The van der Waals surface area contributed by atoms with Crippen molar-refractivity contribution in [1.82, 2.24) is 15.1 Å². The van der Waals surface area contributed by atoms with Crippen LogP contribution in [-0.4, -0.2) is 27.8 Å². The molecule has 6 nitrogen and oxygen atoms in total. The quantitative estimate of drug-likeness (QED) is 0.495. The van der Waals surface area contributed by atoms with Gasteiger partial charge in [0.05, 0.1) is 11.0 Å². The van der Waals surface area contributed by atoms with Crippen molar-refractivity contribution in [2.75, 3.05) is 7.05 Å². The van der Waals surface area contributed by atoms with Crippen molar-refractivity contribution in [3.05, 3.63) is 22.5 Å². The van der Waals surface area contributed by atoms with Crippen molar-refractivity contribution >= 4 is 5.69 Å². The lowest BCUT2D eigenvalue weighted by molar-refractivity contribution is -0.385. The molecular formula is C11H18N4O2. The highest BCUT2D eigenvalue weighted by Gasteiger charge is 2.22. The van der Waals surface area contributed by atoms with Gasteiger partial charge in [-0.25, -0.2) is 0 Å². The summed E-state index contributed by atoms with van der Waals surface area (Å²) in [7, 11) is 1.97. The zero-order valence-electron chi connectivity index (χ0n) is 10.0. The van der Waals surface area contributed by atoms with Crippen LogP contribution in [0.2, 0.25) is 0 Å². The minimum absolute atomic E-state index is 0.0789. The lowest BCUT2D eigenvalue weighted by Crippen LogP contribution is -2.27. The van der Waals surface area contributed by atoms with Gasteiger partial charge in [0.15, 0.2) is 0 Å². The van der Waals surface area contributed by atoms with Crippen LogP contribution < -0.4 is 5.32 Å². The SMILES string of the molecule is CNC1CCCCC(n2cc([N+](=O)[O-])cn2)C1. The maximum Gasteiger partial charge on any atom is 0.307 e. The van der Waals surface area contributed by atoms with Gasteiger partial charge < -0.3 is 5.32 Å². The van der Waals surface area contributed by atoms with E-state index in [-0.39, 0.29) is 11.7 Å². The maximum atomic E-state index is 10.6. The Balaban J connectivity index is 2.10. The highest BCUT2D eigenvalue weighted by molar-refractivity contribution is 5.21. The number of aromatic nitrogens is 2. The molecule has 1 aliphatic carbocycles. The average Bonchev–Trinajstić information content (AvgIpc) is 2.69. The summed E-state index contributed by atoms with van der Waals surface area (Å²) in [6, 6.07) is 0.773. The van der Waals surface area contributed by atoms with Crippen molar-refractivity contribution in [2.45, 2.75) is 44.2 Å².